The van der Waals surface area contributed by atoms with Gasteiger partial charge in [-0.2, -0.15) is 0 Å². The Morgan fingerprint density at radius 3 is 2.38 bits per heavy atom. The molecule has 0 bridgehead atoms. The first-order valence-electron chi connectivity index (χ1n) is 17.4. The fourth-order valence-corrected chi connectivity index (χ4v) is 12.8. The fourth-order valence-electron chi connectivity index (χ4n) is 12.8. The molecule has 5 aliphatic carbocycles. The lowest BCUT2D eigenvalue weighted by molar-refractivity contribution is -0.237. The molecule has 1 aliphatic heterocycles. The van der Waals surface area contributed by atoms with E-state index in [-0.39, 0.29) is 64.5 Å². The van der Waals surface area contributed by atoms with Gasteiger partial charge in [-0.25, -0.2) is 0 Å². The van der Waals surface area contributed by atoms with Gasteiger partial charge >= 0.3 is 5.97 Å². The Kier molecular flexibility index (Phi) is 8.05. The largest absolute Gasteiger partial charge is 0.457 e. The van der Waals surface area contributed by atoms with E-state index < -0.39 is 41.6 Å². The minimum absolute atomic E-state index is 0.0816. The van der Waals surface area contributed by atoms with Crippen molar-refractivity contribution in [3.8, 4) is 0 Å². The number of fused-ring (bicyclic) bond motifs is 4. The van der Waals surface area contributed by atoms with Gasteiger partial charge in [0.2, 0.25) is 0 Å². The molecule has 6 aliphatic rings. The summed E-state index contributed by atoms with van der Waals surface area (Å²) in [4.78, 5) is 37.8. The van der Waals surface area contributed by atoms with E-state index in [1.165, 1.54) is 6.92 Å². The van der Waals surface area contributed by atoms with Crippen LogP contribution >= 0.6 is 0 Å². The van der Waals surface area contributed by atoms with Gasteiger partial charge in [-0.15, -0.1) is 0 Å². The third-order valence-electron chi connectivity index (χ3n) is 14.6. The molecule has 0 radical (unpaired) electrons. The lowest BCUT2D eigenvalue weighted by Crippen LogP contribution is -2.59. The van der Waals surface area contributed by atoms with Crippen molar-refractivity contribution in [2.75, 3.05) is 13.2 Å². The van der Waals surface area contributed by atoms with Crippen LogP contribution in [0, 0.1) is 50.7 Å². The fraction of sp³-hybridized carbons (Fsp3) is 0.917. The lowest BCUT2D eigenvalue weighted by atomic mass is 9.41. The number of Topliss-reactive ketones (excluding diaryl/α,β-unsaturated/α-hetero) is 1. The zero-order valence-corrected chi connectivity index (χ0v) is 28.6. The average molecular weight is 633 g/mol. The molecule has 2 spiro atoms. The minimum atomic E-state index is -1.30. The molecule has 6 rings (SSSR count). The van der Waals surface area contributed by atoms with Crippen molar-refractivity contribution in [1.29, 1.82) is 0 Å². The third-order valence-corrected chi connectivity index (χ3v) is 14.6. The summed E-state index contributed by atoms with van der Waals surface area (Å²) in [6.45, 7) is 15.7. The summed E-state index contributed by atoms with van der Waals surface area (Å²) in [7, 11) is 0. The van der Waals surface area contributed by atoms with Crippen LogP contribution in [0.1, 0.15) is 107 Å². The molecule has 5 saturated carbocycles. The number of carbonyl (C=O) groups is 3. The van der Waals surface area contributed by atoms with Crippen molar-refractivity contribution in [2.45, 2.75) is 143 Å². The van der Waals surface area contributed by atoms with E-state index in [1.807, 2.05) is 0 Å². The maximum atomic E-state index is 14.9. The van der Waals surface area contributed by atoms with Crippen LogP contribution in [-0.2, 0) is 33.3 Å². The van der Waals surface area contributed by atoms with Gasteiger partial charge in [0.25, 0.3) is 0 Å². The van der Waals surface area contributed by atoms with Gasteiger partial charge in [-0.05, 0) is 105 Å². The van der Waals surface area contributed by atoms with Crippen molar-refractivity contribution in [3.05, 3.63) is 0 Å². The highest BCUT2D eigenvalue weighted by atomic mass is 16.7. The first-order valence-corrected chi connectivity index (χ1v) is 17.4. The van der Waals surface area contributed by atoms with Gasteiger partial charge in [-0.3, -0.25) is 9.59 Å². The summed E-state index contributed by atoms with van der Waals surface area (Å²) in [5.41, 5.74) is -1.87. The summed E-state index contributed by atoms with van der Waals surface area (Å²) < 4.78 is 24.1. The van der Waals surface area contributed by atoms with Gasteiger partial charge in [0.1, 0.15) is 19.0 Å². The van der Waals surface area contributed by atoms with Crippen molar-refractivity contribution >= 4 is 18.0 Å². The van der Waals surface area contributed by atoms with Crippen molar-refractivity contribution in [3.63, 3.8) is 0 Å². The number of hydrogen-bond acceptors (Lipinski definition) is 9. The van der Waals surface area contributed by atoms with Gasteiger partial charge in [0, 0.05) is 18.3 Å². The Bertz CT molecular complexity index is 1210. The van der Waals surface area contributed by atoms with Gasteiger partial charge in [0.05, 0.1) is 24.4 Å². The van der Waals surface area contributed by atoms with Crippen LogP contribution in [0.25, 0.3) is 0 Å². The van der Waals surface area contributed by atoms with Gasteiger partial charge < -0.3 is 34.0 Å². The Hall–Kier alpha value is -1.39. The van der Waals surface area contributed by atoms with E-state index in [2.05, 4.69) is 34.6 Å². The highest BCUT2D eigenvalue weighted by Crippen LogP contribution is 2.89. The quantitative estimate of drug-likeness (QED) is 0.212. The number of hydrogen-bond donors (Lipinski definition) is 2. The van der Waals surface area contributed by atoms with Gasteiger partial charge in [-0.1, -0.05) is 34.6 Å². The second-order valence-corrected chi connectivity index (χ2v) is 17.3. The third kappa shape index (κ3) is 4.53. The smallest absolute Gasteiger partial charge is 0.303 e. The predicted octanol–water partition coefficient (Wildman–Crippen LogP) is 4.63. The molecule has 1 heterocycles. The first-order chi connectivity index (χ1) is 20.9. The molecule has 0 aromatic heterocycles. The maximum Gasteiger partial charge on any atom is 0.303 e. The second kappa shape index (κ2) is 10.8. The molecule has 0 aromatic carbocycles. The lowest BCUT2D eigenvalue weighted by Gasteiger charge is -2.62. The van der Waals surface area contributed by atoms with Crippen molar-refractivity contribution < 1.29 is 43.5 Å². The van der Waals surface area contributed by atoms with E-state index in [0.29, 0.717) is 18.6 Å². The Balaban J connectivity index is 1.27. The van der Waals surface area contributed by atoms with Gasteiger partial charge in [0.15, 0.2) is 18.2 Å². The molecular formula is C36H56O9. The minimum Gasteiger partial charge on any atom is -0.457 e. The number of esters is 1. The summed E-state index contributed by atoms with van der Waals surface area (Å²) in [5, 5.41) is 20.8. The van der Waals surface area contributed by atoms with E-state index in [1.54, 1.807) is 13.8 Å². The van der Waals surface area contributed by atoms with Crippen molar-refractivity contribution in [2.24, 2.45) is 50.7 Å². The van der Waals surface area contributed by atoms with E-state index in [4.69, 9.17) is 18.9 Å². The number of carbonyl (C=O) groups excluding carboxylic acids is 3. The standard InChI is InChI=1S/C36H56O9/c1-20-17-22(30(32(5,6)41)43-21(2)39)44-28-27(20)33(7)13-14-36-19-35(36)12-11-25(45-26(18-38)42-16-15-37)31(3,4)23(35)9-10-24(36)34(33,8)29(28)40/h15,20,22-28,30,38,41H,9-14,16-19H2,1-8H3/t20-,22-,23+,24+,25+,26+,27-,28+,30+,33-,34-,35-,36+/m1/s1. The average Bonchev–Trinajstić information content (AvgIpc) is 3.59. The van der Waals surface area contributed by atoms with Crippen molar-refractivity contribution in [1.82, 2.24) is 0 Å². The molecule has 1 saturated heterocycles. The molecule has 2 N–H and O–H groups in total. The molecular weight excluding hydrogens is 576 g/mol. The first kappa shape index (κ1) is 33.5. The van der Waals surface area contributed by atoms with Crippen LogP contribution in [0.15, 0.2) is 0 Å². The van der Waals surface area contributed by atoms with Crippen LogP contribution in [0.5, 0.6) is 0 Å². The molecule has 0 unspecified atom stereocenters. The van der Waals surface area contributed by atoms with E-state index >= 15 is 0 Å². The molecule has 254 valence electrons. The van der Waals surface area contributed by atoms with Crippen LogP contribution < -0.4 is 0 Å². The summed E-state index contributed by atoms with van der Waals surface area (Å²) in [5.74, 6) is 0.720. The highest BCUT2D eigenvalue weighted by Gasteiger charge is 2.85. The summed E-state index contributed by atoms with van der Waals surface area (Å²) >= 11 is 0. The normalized spacial score (nSPS) is 47.7. The number of aldehydes is 1. The maximum absolute atomic E-state index is 14.9. The summed E-state index contributed by atoms with van der Waals surface area (Å²) in [6, 6.07) is 0. The summed E-state index contributed by atoms with van der Waals surface area (Å²) in [6.07, 6.45) is 5.62. The van der Waals surface area contributed by atoms with Crippen LogP contribution in [0.2, 0.25) is 0 Å². The molecule has 6 fully saturated rings. The number of ether oxygens (including phenoxy) is 4. The molecule has 9 heteroatoms. The topological polar surface area (TPSA) is 129 Å². The van der Waals surface area contributed by atoms with Crippen LogP contribution in [-0.4, -0.2) is 77.8 Å². The molecule has 9 nitrogen and oxygen atoms in total. The zero-order chi connectivity index (χ0) is 33.0. The molecule has 45 heavy (non-hydrogen) atoms. The Morgan fingerprint density at radius 2 is 1.76 bits per heavy atom. The number of aliphatic hydroxyl groups excluding tert-OH is 1. The van der Waals surface area contributed by atoms with Crippen LogP contribution in [0.3, 0.4) is 0 Å². The number of ketones is 1. The monoisotopic (exact) mass is 632 g/mol. The van der Waals surface area contributed by atoms with E-state index in [0.717, 1.165) is 44.9 Å². The Labute approximate surface area is 268 Å². The second-order valence-electron chi connectivity index (χ2n) is 17.3. The number of rotatable bonds is 9. The predicted molar refractivity (Wildman–Crippen MR) is 165 cm³/mol. The number of aliphatic hydroxyl groups is 2. The van der Waals surface area contributed by atoms with Crippen LogP contribution in [0.4, 0.5) is 0 Å². The SMILES string of the molecule is CC(=O)O[C@@H]([C@H]1C[C@@H](C)[C@@H]2[C@H](O1)C(=O)[C@@]1(C)[C@@H]3CC[C@H]4C(C)(C)[C@@H](O[C@@H](CO)OCC=O)CC[C@@]45C[C@@]35CC[C@]21C)C(C)(C)O. The zero-order valence-electron chi connectivity index (χ0n) is 28.6. The molecule has 0 aromatic rings. The molecule has 0 amide bonds. The highest BCUT2D eigenvalue weighted by molar-refractivity contribution is 5.93. The van der Waals surface area contributed by atoms with E-state index in [9.17, 15) is 24.6 Å². The Morgan fingerprint density at radius 1 is 1.09 bits per heavy atom. The molecule has 13 atom stereocenters.